The summed E-state index contributed by atoms with van der Waals surface area (Å²) >= 11 is 0. The van der Waals surface area contributed by atoms with Gasteiger partial charge in [0.15, 0.2) is 0 Å². The van der Waals surface area contributed by atoms with E-state index in [2.05, 4.69) is 217 Å². The number of nitrogens with one attached hydrogen (secondary N) is 2. The summed E-state index contributed by atoms with van der Waals surface area (Å²) in [6, 6.07) is 80.8. The zero-order valence-electron chi connectivity index (χ0n) is 36.0. The molecule has 0 aromatic heterocycles. The highest BCUT2D eigenvalue weighted by molar-refractivity contribution is 5.98. The third-order valence-electron chi connectivity index (χ3n) is 14.6. The van der Waals surface area contributed by atoms with Crippen LogP contribution in [0, 0.1) is 10.8 Å². The predicted molar refractivity (Wildman–Crippen MR) is 259 cm³/mol. The number of benzene rings is 8. The summed E-state index contributed by atoms with van der Waals surface area (Å²) in [5, 5.41) is 6.64. The molecule has 2 bridgehead atoms. The van der Waals surface area contributed by atoms with Crippen LogP contribution in [0.1, 0.15) is 83.0 Å². The van der Waals surface area contributed by atoms with Crippen LogP contribution in [0.4, 0.5) is 11.4 Å². The molecule has 64 heavy (non-hydrogen) atoms. The van der Waals surface area contributed by atoms with E-state index in [4.69, 9.17) is 0 Å². The van der Waals surface area contributed by atoms with Crippen LogP contribution in [0.3, 0.4) is 0 Å². The second-order valence-electron chi connectivity index (χ2n) is 17.8. The van der Waals surface area contributed by atoms with Crippen molar-refractivity contribution in [1.29, 1.82) is 0 Å². The van der Waals surface area contributed by atoms with Gasteiger partial charge in [0.2, 0.25) is 11.8 Å². The number of anilines is 2. The molecule has 4 nitrogen and oxygen atoms in total. The molecule has 314 valence electrons. The minimum atomic E-state index is -0.555. The van der Waals surface area contributed by atoms with Crippen LogP contribution in [-0.2, 0) is 20.4 Å². The van der Waals surface area contributed by atoms with E-state index >= 15 is 0 Å². The average molecular weight is 833 g/mol. The van der Waals surface area contributed by atoms with Gasteiger partial charge in [-0.1, -0.05) is 206 Å². The fourth-order valence-corrected chi connectivity index (χ4v) is 11.1. The molecule has 8 aromatic carbocycles. The molecule has 3 saturated carbocycles. The first-order valence-corrected chi connectivity index (χ1v) is 22.6. The third-order valence-corrected chi connectivity index (χ3v) is 14.6. The minimum absolute atomic E-state index is 0.0590. The zero-order chi connectivity index (χ0) is 43.5. The van der Waals surface area contributed by atoms with Gasteiger partial charge in [-0.3, -0.25) is 9.59 Å². The largest absolute Gasteiger partial charge is 0.326 e. The van der Waals surface area contributed by atoms with Crippen molar-refractivity contribution in [2.45, 2.75) is 49.4 Å². The van der Waals surface area contributed by atoms with E-state index in [9.17, 15) is 9.59 Å². The van der Waals surface area contributed by atoms with E-state index in [0.717, 1.165) is 22.5 Å². The van der Waals surface area contributed by atoms with Gasteiger partial charge < -0.3 is 10.6 Å². The van der Waals surface area contributed by atoms with Gasteiger partial charge in [0, 0.05) is 22.2 Å². The topological polar surface area (TPSA) is 58.2 Å². The summed E-state index contributed by atoms with van der Waals surface area (Å²) in [7, 11) is 0. The standard InChI is InChI=1S/C60H52N2O2/c63-55(61-53-35-31-51(32-36-53)59(45-19-7-1-8-20-45,46-21-9-2-10-22-46)47-23-11-3-12-24-47)57-39-42-58(43-40-57,44-41-57)56(64)62-54-37-33-52(34-38-54)60(48-25-13-4-14-26-48,49-27-15-5-16-28-49)50-29-17-6-18-30-50/h1-38H,39-44H2,(H,61,63)(H,62,64). The van der Waals surface area contributed by atoms with Gasteiger partial charge in [0.1, 0.15) is 0 Å². The van der Waals surface area contributed by atoms with Crippen molar-refractivity contribution in [1.82, 2.24) is 0 Å². The molecule has 0 radical (unpaired) electrons. The van der Waals surface area contributed by atoms with Gasteiger partial charge in [0.05, 0.1) is 10.8 Å². The Hall–Kier alpha value is -7.30. The number of carbonyl (C=O) groups excluding carboxylic acids is 2. The Morgan fingerprint density at radius 3 is 0.672 bits per heavy atom. The number of hydrogen-bond acceptors (Lipinski definition) is 2. The summed E-state index contributed by atoms with van der Waals surface area (Å²) in [6.45, 7) is 0. The van der Waals surface area contributed by atoms with Crippen molar-refractivity contribution in [3.8, 4) is 0 Å². The molecule has 4 heteroatoms. The maximum atomic E-state index is 14.3. The molecular formula is C60H52N2O2. The maximum Gasteiger partial charge on any atom is 0.230 e. The Morgan fingerprint density at radius 1 is 0.281 bits per heavy atom. The van der Waals surface area contributed by atoms with Gasteiger partial charge in [-0.15, -0.1) is 0 Å². The normalized spacial score (nSPS) is 18.2. The summed E-state index contributed by atoms with van der Waals surface area (Å²) in [5.74, 6) is 0.118. The molecule has 2 N–H and O–H groups in total. The molecule has 0 atom stereocenters. The van der Waals surface area contributed by atoms with Crippen LogP contribution < -0.4 is 10.6 Å². The molecule has 3 aliphatic rings. The molecule has 0 saturated heterocycles. The van der Waals surface area contributed by atoms with E-state index in [1.165, 1.54) is 33.4 Å². The van der Waals surface area contributed by atoms with Crippen LogP contribution in [-0.4, -0.2) is 11.8 Å². The van der Waals surface area contributed by atoms with Crippen LogP contribution in [0.5, 0.6) is 0 Å². The van der Waals surface area contributed by atoms with E-state index < -0.39 is 21.7 Å². The highest BCUT2D eigenvalue weighted by Gasteiger charge is 2.55. The number of hydrogen-bond donors (Lipinski definition) is 2. The molecule has 2 amide bonds. The minimum Gasteiger partial charge on any atom is -0.326 e. The predicted octanol–water partition coefficient (Wildman–Crippen LogP) is 13.4. The fraction of sp³-hybridized carbons (Fsp3) is 0.167. The second-order valence-corrected chi connectivity index (χ2v) is 17.8. The third kappa shape index (κ3) is 7.04. The second kappa shape index (κ2) is 17.1. The molecule has 0 spiro atoms. The molecular weight excluding hydrogens is 781 g/mol. The molecule has 0 aliphatic heterocycles. The van der Waals surface area contributed by atoms with Crippen molar-refractivity contribution in [2.75, 3.05) is 10.6 Å². The van der Waals surface area contributed by atoms with Crippen LogP contribution in [0.25, 0.3) is 0 Å². The quantitative estimate of drug-likeness (QED) is 0.121. The van der Waals surface area contributed by atoms with E-state index in [0.29, 0.717) is 38.5 Å². The molecule has 3 fully saturated rings. The zero-order valence-corrected chi connectivity index (χ0v) is 36.0. The van der Waals surface area contributed by atoms with Gasteiger partial charge in [0.25, 0.3) is 0 Å². The van der Waals surface area contributed by atoms with E-state index in [1.807, 2.05) is 24.3 Å². The first-order chi connectivity index (χ1) is 31.5. The summed E-state index contributed by atoms with van der Waals surface area (Å²) in [4.78, 5) is 28.5. The summed E-state index contributed by atoms with van der Waals surface area (Å²) in [6.07, 6.45) is 4.14. The lowest BCUT2D eigenvalue weighted by Crippen LogP contribution is -2.52. The highest BCUT2D eigenvalue weighted by atomic mass is 16.2. The Bertz CT molecular complexity index is 2410. The molecule has 8 aromatic rings. The van der Waals surface area contributed by atoms with E-state index in [1.54, 1.807) is 0 Å². The van der Waals surface area contributed by atoms with E-state index in [-0.39, 0.29) is 11.8 Å². The van der Waals surface area contributed by atoms with Gasteiger partial charge in [-0.05, 0) is 107 Å². The van der Waals surface area contributed by atoms with Crippen molar-refractivity contribution in [3.63, 3.8) is 0 Å². The molecule has 3 aliphatic carbocycles. The van der Waals surface area contributed by atoms with Gasteiger partial charge >= 0.3 is 0 Å². The highest BCUT2D eigenvalue weighted by Crippen LogP contribution is 2.58. The lowest BCUT2D eigenvalue weighted by Gasteiger charge is -2.51. The maximum absolute atomic E-state index is 14.3. The first kappa shape index (κ1) is 40.8. The lowest BCUT2D eigenvalue weighted by molar-refractivity contribution is -0.144. The van der Waals surface area contributed by atoms with Crippen molar-refractivity contribution in [3.05, 3.63) is 275 Å². The number of rotatable bonds is 12. The number of carbonyl (C=O) groups is 2. The SMILES string of the molecule is O=C(Nc1ccc(C(c2ccccc2)(c2ccccc2)c2ccccc2)cc1)C12CCC(C(=O)Nc3ccc(C(c4ccccc4)(c4ccccc4)c4ccccc4)cc3)(CC1)CC2. The average Bonchev–Trinajstić information content (AvgIpc) is 3.38. The number of fused-ring (bicyclic) bond motifs is 3. The Kier molecular flexibility index (Phi) is 10.9. The Morgan fingerprint density at radius 2 is 0.469 bits per heavy atom. The molecule has 0 heterocycles. The van der Waals surface area contributed by atoms with Gasteiger partial charge in [-0.25, -0.2) is 0 Å². The summed E-state index contributed by atoms with van der Waals surface area (Å²) < 4.78 is 0. The lowest BCUT2D eigenvalue weighted by atomic mass is 9.53. The first-order valence-electron chi connectivity index (χ1n) is 22.6. The monoisotopic (exact) mass is 832 g/mol. The van der Waals surface area contributed by atoms with Crippen molar-refractivity contribution in [2.24, 2.45) is 10.8 Å². The van der Waals surface area contributed by atoms with Crippen LogP contribution in [0.15, 0.2) is 231 Å². The fourth-order valence-electron chi connectivity index (χ4n) is 11.1. The van der Waals surface area contributed by atoms with Crippen LogP contribution >= 0.6 is 0 Å². The molecule has 11 rings (SSSR count). The number of amides is 2. The Labute approximate surface area is 377 Å². The summed E-state index contributed by atoms with van der Waals surface area (Å²) in [5.41, 5.74) is 8.77. The molecule has 0 unspecified atom stereocenters. The van der Waals surface area contributed by atoms with Crippen molar-refractivity contribution < 1.29 is 9.59 Å². The smallest absolute Gasteiger partial charge is 0.230 e. The van der Waals surface area contributed by atoms with Crippen LogP contribution in [0.2, 0.25) is 0 Å². The Balaban J connectivity index is 0.856. The van der Waals surface area contributed by atoms with Crippen molar-refractivity contribution >= 4 is 23.2 Å². The van der Waals surface area contributed by atoms with Gasteiger partial charge in [-0.2, -0.15) is 0 Å².